The number of hydrogen-bond acceptors (Lipinski definition) is 5. The molecule has 1 aromatic carbocycles. The molecule has 0 radical (unpaired) electrons. The van der Waals surface area contributed by atoms with Crippen molar-refractivity contribution in [1.29, 1.82) is 0 Å². The number of Topliss-reactive ketones (excluding diaryl/α,β-unsaturated/α-hetero) is 1. The minimum Gasteiger partial charge on any atom is -0.370 e. The molecule has 5 rings (SSSR count). The Labute approximate surface area is 194 Å². The highest BCUT2D eigenvalue weighted by atomic mass is 19.1. The number of nitrogens with two attached hydrogens (primary N) is 1. The lowest BCUT2D eigenvalue weighted by molar-refractivity contribution is 0.0994. The minimum absolute atomic E-state index is 0.0659. The first-order chi connectivity index (χ1) is 16.0. The van der Waals surface area contributed by atoms with Gasteiger partial charge in [-0.1, -0.05) is 6.92 Å². The maximum atomic E-state index is 14.7. The average molecular weight is 447 g/mol. The number of ketones is 1. The third-order valence-electron chi connectivity index (χ3n) is 7.27. The van der Waals surface area contributed by atoms with Crippen LogP contribution in [0.2, 0.25) is 0 Å². The predicted octanol–water partition coefficient (Wildman–Crippen LogP) is 5.03. The summed E-state index contributed by atoms with van der Waals surface area (Å²) >= 11 is 0. The quantitative estimate of drug-likeness (QED) is 0.557. The van der Waals surface area contributed by atoms with Gasteiger partial charge in [-0.3, -0.25) is 14.8 Å². The van der Waals surface area contributed by atoms with Crippen LogP contribution in [-0.2, 0) is 6.42 Å². The van der Waals surface area contributed by atoms with Gasteiger partial charge in [0.05, 0.1) is 17.4 Å². The molecule has 1 saturated carbocycles. The Balaban J connectivity index is 1.45. The zero-order valence-electron chi connectivity index (χ0n) is 19.1. The molecule has 33 heavy (non-hydrogen) atoms. The number of nitrogens with zero attached hydrogens (tertiary/aromatic N) is 3. The Morgan fingerprint density at radius 3 is 2.76 bits per heavy atom. The van der Waals surface area contributed by atoms with Gasteiger partial charge in [0.25, 0.3) is 0 Å². The molecule has 3 heterocycles. The molecule has 3 aromatic rings. The van der Waals surface area contributed by atoms with Crippen LogP contribution >= 0.6 is 0 Å². The Bertz CT molecular complexity index is 1160. The monoisotopic (exact) mass is 446 g/mol. The zero-order valence-corrected chi connectivity index (χ0v) is 19.1. The van der Waals surface area contributed by atoms with Gasteiger partial charge in [-0.25, -0.2) is 4.39 Å². The Morgan fingerprint density at radius 2 is 1.97 bits per heavy atom. The van der Waals surface area contributed by atoms with E-state index >= 15 is 0 Å². The summed E-state index contributed by atoms with van der Waals surface area (Å²) in [6, 6.07) is 7.00. The topological polar surface area (TPSA) is 72.1 Å². The van der Waals surface area contributed by atoms with Gasteiger partial charge in [0.15, 0.2) is 5.78 Å². The predicted molar refractivity (Wildman–Crippen MR) is 129 cm³/mol. The average Bonchev–Trinajstić information content (AvgIpc) is 3.34. The second-order valence-corrected chi connectivity index (χ2v) is 9.82. The van der Waals surface area contributed by atoms with Crippen LogP contribution in [-0.4, -0.2) is 34.9 Å². The van der Waals surface area contributed by atoms with E-state index in [0.29, 0.717) is 28.3 Å². The van der Waals surface area contributed by atoms with Crippen molar-refractivity contribution in [3.8, 4) is 0 Å². The summed E-state index contributed by atoms with van der Waals surface area (Å²) in [5.41, 5.74) is 10.2. The molecular weight excluding hydrogens is 415 g/mol. The summed E-state index contributed by atoms with van der Waals surface area (Å²) in [4.78, 5) is 24.5. The summed E-state index contributed by atoms with van der Waals surface area (Å²) in [6.45, 7) is 4.16. The van der Waals surface area contributed by atoms with Gasteiger partial charge in [-0.15, -0.1) is 0 Å². The number of fused-ring (bicyclic) bond motifs is 1. The molecule has 1 aliphatic carbocycles. The number of pyridine rings is 2. The zero-order chi connectivity index (χ0) is 22.9. The van der Waals surface area contributed by atoms with Crippen LogP contribution < -0.4 is 10.6 Å². The van der Waals surface area contributed by atoms with Crippen molar-refractivity contribution in [3.63, 3.8) is 0 Å². The van der Waals surface area contributed by atoms with Gasteiger partial charge < -0.3 is 10.6 Å². The Morgan fingerprint density at radius 1 is 1.15 bits per heavy atom. The molecule has 0 unspecified atom stereocenters. The normalized spacial score (nSPS) is 23.2. The van der Waals surface area contributed by atoms with Crippen molar-refractivity contribution in [2.45, 2.75) is 57.4 Å². The van der Waals surface area contributed by atoms with Crippen LogP contribution in [0.1, 0.15) is 66.4 Å². The third kappa shape index (κ3) is 4.49. The molecule has 3 atom stereocenters. The largest absolute Gasteiger partial charge is 0.370 e. The highest BCUT2D eigenvalue weighted by molar-refractivity contribution is 6.08. The van der Waals surface area contributed by atoms with Gasteiger partial charge in [0.2, 0.25) is 0 Å². The second kappa shape index (κ2) is 9.18. The molecule has 0 bridgehead atoms. The number of rotatable bonds is 5. The van der Waals surface area contributed by atoms with E-state index in [0.717, 1.165) is 62.0 Å². The van der Waals surface area contributed by atoms with E-state index in [4.69, 9.17) is 5.73 Å². The van der Waals surface area contributed by atoms with Gasteiger partial charge in [0.1, 0.15) is 5.82 Å². The van der Waals surface area contributed by atoms with Crippen molar-refractivity contribution in [2.24, 2.45) is 11.7 Å². The number of anilines is 1. The summed E-state index contributed by atoms with van der Waals surface area (Å²) in [5, 5.41) is 0.406. The number of hydrogen-bond donors (Lipinski definition) is 1. The van der Waals surface area contributed by atoms with E-state index in [1.54, 1.807) is 24.7 Å². The lowest BCUT2D eigenvalue weighted by Gasteiger charge is -2.32. The van der Waals surface area contributed by atoms with Crippen LogP contribution in [0.3, 0.4) is 0 Å². The van der Waals surface area contributed by atoms with Crippen LogP contribution in [0.4, 0.5) is 10.1 Å². The third-order valence-corrected chi connectivity index (χ3v) is 7.27. The standard InChI is InChI=1S/C27H31FN4O/c1-17-10-18(12-20(29)11-17)22-6-7-30-15-19(22)13-26(33)23-4-5-25(28)24-14-21(16-31-27(23)24)32-8-2-3-9-32/h4-7,14-18,20H,2-3,8-13,29H2,1H3/t17-,18+,20-/m0/s1. The fraction of sp³-hybridized carbons (Fsp3) is 0.444. The fourth-order valence-corrected chi connectivity index (χ4v) is 5.71. The van der Waals surface area contributed by atoms with Crippen LogP contribution in [0.25, 0.3) is 10.9 Å². The van der Waals surface area contributed by atoms with Gasteiger partial charge in [-0.2, -0.15) is 0 Å². The molecule has 5 nitrogen and oxygen atoms in total. The molecule has 1 saturated heterocycles. The highest BCUT2D eigenvalue weighted by Gasteiger charge is 2.28. The lowest BCUT2D eigenvalue weighted by atomic mass is 9.75. The van der Waals surface area contributed by atoms with Crippen molar-refractivity contribution in [2.75, 3.05) is 18.0 Å². The molecule has 1 aliphatic heterocycles. The number of halogens is 1. The Kier molecular flexibility index (Phi) is 6.11. The number of aromatic nitrogens is 2. The van der Waals surface area contributed by atoms with Gasteiger partial charge >= 0.3 is 0 Å². The second-order valence-electron chi connectivity index (χ2n) is 9.82. The van der Waals surface area contributed by atoms with E-state index in [9.17, 15) is 9.18 Å². The summed E-state index contributed by atoms with van der Waals surface area (Å²) in [5.74, 6) is 0.484. The molecule has 2 aromatic heterocycles. The van der Waals surface area contributed by atoms with E-state index in [2.05, 4.69) is 21.8 Å². The SMILES string of the molecule is C[C@@H]1C[C@H](N)C[C@H](c2ccncc2CC(=O)c2ccc(F)c3cc(N4CCCC4)cnc23)C1. The summed E-state index contributed by atoms with van der Waals surface area (Å²) in [7, 11) is 0. The van der Waals surface area contributed by atoms with Crippen molar-refractivity contribution < 1.29 is 9.18 Å². The number of carbonyl (C=O) groups is 1. The van der Waals surface area contributed by atoms with E-state index in [1.807, 2.05) is 12.1 Å². The molecule has 0 spiro atoms. The minimum atomic E-state index is -0.345. The van der Waals surface area contributed by atoms with Crippen LogP contribution in [0, 0.1) is 11.7 Å². The maximum Gasteiger partial charge on any atom is 0.169 e. The van der Waals surface area contributed by atoms with Crippen LogP contribution in [0.5, 0.6) is 0 Å². The first kappa shape index (κ1) is 22.0. The smallest absolute Gasteiger partial charge is 0.169 e. The Hall–Kier alpha value is -2.86. The first-order valence-corrected chi connectivity index (χ1v) is 12.0. The molecule has 2 fully saturated rings. The van der Waals surface area contributed by atoms with E-state index < -0.39 is 0 Å². The van der Waals surface area contributed by atoms with E-state index in [-0.39, 0.29) is 24.1 Å². The van der Waals surface area contributed by atoms with Gasteiger partial charge in [0, 0.05) is 48.9 Å². The number of carbonyl (C=O) groups excluding carboxylic acids is 1. The molecule has 0 amide bonds. The molecule has 2 aliphatic rings. The van der Waals surface area contributed by atoms with Crippen molar-refractivity contribution in [3.05, 3.63) is 65.4 Å². The lowest BCUT2D eigenvalue weighted by Crippen LogP contribution is -2.31. The highest BCUT2D eigenvalue weighted by Crippen LogP contribution is 2.37. The molecule has 172 valence electrons. The van der Waals surface area contributed by atoms with Gasteiger partial charge in [-0.05, 0) is 79.3 Å². The van der Waals surface area contributed by atoms with E-state index in [1.165, 1.54) is 6.07 Å². The first-order valence-electron chi connectivity index (χ1n) is 12.0. The molecule has 2 N–H and O–H groups in total. The molecular formula is C27H31FN4O. The van der Waals surface area contributed by atoms with Crippen LogP contribution in [0.15, 0.2) is 42.9 Å². The summed E-state index contributed by atoms with van der Waals surface area (Å²) < 4.78 is 14.7. The fourth-order valence-electron chi connectivity index (χ4n) is 5.71. The number of benzene rings is 1. The summed E-state index contributed by atoms with van der Waals surface area (Å²) in [6.07, 6.45) is 10.9. The molecule has 6 heteroatoms. The van der Waals surface area contributed by atoms with Crippen molar-refractivity contribution >= 4 is 22.4 Å². The van der Waals surface area contributed by atoms with Crippen molar-refractivity contribution in [1.82, 2.24) is 9.97 Å². The maximum absolute atomic E-state index is 14.7.